The fraction of sp³-hybridized carbons (Fsp3) is 0.269. The molecular formula is C26H23F3N2O2S2. The lowest BCUT2D eigenvalue weighted by Crippen LogP contribution is -2.32. The Labute approximate surface area is 210 Å². The van der Waals surface area contributed by atoms with Gasteiger partial charge in [-0.25, -0.2) is 9.10 Å². The lowest BCUT2D eigenvalue weighted by atomic mass is 10.0. The second-order valence-electron chi connectivity index (χ2n) is 8.67. The number of carboxylic acid groups (broad SMARTS) is 1. The Morgan fingerprint density at radius 3 is 2.51 bits per heavy atom. The molecule has 3 aromatic carbocycles. The number of hydrogen-bond acceptors (Lipinski definition) is 5. The number of nitrogens with zero attached hydrogens (tertiary/aromatic N) is 2. The van der Waals surface area contributed by atoms with Crippen LogP contribution in [0.25, 0.3) is 11.1 Å². The Bertz CT molecular complexity index is 1250. The first kappa shape index (κ1) is 24.1. The summed E-state index contributed by atoms with van der Waals surface area (Å²) in [5, 5.41) is 9.45. The molecule has 2 aliphatic heterocycles. The molecule has 182 valence electrons. The van der Waals surface area contributed by atoms with E-state index in [9.17, 15) is 23.1 Å². The lowest BCUT2D eigenvalue weighted by molar-refractivity contribution is -0.169. The number of alkyl halides is 3. The van der Waals surface area contributed by atoms with Crippen molar-refractivity contribution in [2.24, 2.45) is 5.92 Å². The summed E-state index contributed by atoms with van der Waals surface area (Å²) in [6, 6.07) is 20.3. The van der Waals surface area contributed by atoms with Crippen molar-refractivity contribution in [1.82, 2.24) is 4.31 Å². The zero-order valence-corrected chi connectivity index (χ0v) is 20.5. The van der Waals surface area contributed by atoms with E-state index >= 15 is 0 Å². The fourth-order valence-corrected chi connectivity index (χ4v) is 6.61. The van der Waals surface area contributed by atoms with Crippen LogP contribution in [0.15, 0.2) is 76.5 Å². The zero-order chi connectivity index (χ0) is 24.7. The molecule has 0 saturated carbocycles. The minimum atomic E-state index is -4.22. The van der Waals surface area contributed by atoms with E-state index in [-0.39, 0.29) is 24.6 Å². The summed E-state index contributed by atoms with van der Waals surface area (Å²) in [5.74, 6) is -2.36. The van der Waals surface area contributed by atoms with Crippen LogP contribution in [-0.2, 0) is 0 Å². The van der Waals surface area contributed by atoms with Gasteiger partial charge in [0.25, 0.3) is 0 Å². The SMILES string of the molecule is CSc1cc2c(cc1-c1cccc(C(=O)O)c1)SN1CC(C(F)(F)F)CC1CN2c1ccccc1. The number of fused-ring (bicyclic) bond motifs is 2. The highest BCUT2D eigenvalue weighted by molar-refractivity contribution is 7.98. The molecule has 5 rings (SSSR count). The maximum absolute atomic E-state index is 13.6. The topological polar surface area (TPSA) is 43.8 Å². The number of rotatable bonds is 4. The molecular weight excluding hydrogens is 493 g/mol. The molecule has 4 nitrogen and oxygen atoms in total. The van der Waals surface area contributed by atoms with Gasteiger partial charge in [-0.05, 0) is 72.1 Å². The Morgan fingerprint density at radius 2 is 1.83 bits per heavy atom. The summed E-state index contributed by atoms with van der Waals surface area (Å²) in [6.07, 6.45) is -2.19. The molecule has 0 bridgehead atoms. The third-order valence-electron chi connectivity index (χ3n) is 6.50. The predicted molar refractivity (Wildman–Crippen MR) is 135 cm³/mol. The molecule has 2 aliphatic rings. The van der Waals surface area contributed by atoms with Crippen LogP contribution in [0, 0.1) is 5.92 Å². The van der Waals surface area contributed by atoms with E-state index in [1.165, 1.54) is 11.9 Å². The maximum Gasteiger partial charge on any atom is 0.393 e. The van der Waals surface area contributed by atoms with Gasteiger partial charge in [0.1, 0.15) is 0 Å². The first-order valence-corrected chi connectivity index (χ1v) is 13.1. The van der Waals surface area contributed by atoms with Crippen LogP contribution >= 0.6 is 23.7 Å². The molecule has 1 fully saturated rings. The number of aromatic carboxylic acids is 1. The van der Waals surface area contributed by atoms with E-state index in [0.29, 0.717) is 6.54 Å². The van der Waals surface area contributed by atoms with Crippen LogP contribution in [0.5, 0.6) is 0 Å². The summed E-state index contributed by atoms with van der Waals surface area (Å²) in [7, 11) is 0. The normalized spacial score (nSPS) is 20.3. The molecule has 2 atom stereocenters. The van der Waals surface area contributed by atoms with Crippen LogP contribution in [-0.4, -0.2) is 46.9 Å². The van der Waals surface area contributed by atoms with Gasteiger partial charge in [-0.3, -0.25) is 0 Å². The molecule has 0 aliphatic carbocycles. The fourth-order valence-electron chi connectivity index (χ4n) is 4.74. The van der Waals surface area contributed by atoms with Crippen molar-refractivity contribution in [2.45, 2.75) is 28.4 Å². The predicted octanol–water partition coefficient (Wildman–Crippen LogP) is 7.19. The molecule has 3 aromatic rings. The van der Waals surface area contributed by atoms with Crippen molar-refractivity contribution in [3.8, 4) is 11.1 Å². The summed E-state index contributed by atoms with van der Waals surface area (Å²) in [6.45, 7) is 0.410. The standard InChI is InChI=1S/C26H23F3N2O2S2/c1-34-23-13-22-24(12-21(23)16-6-5-7-17(10-16)25(32)33)35-31-14-18(26(27,28)29)11-20(31)15-30(22)19-8-3-2-4-9-19/h2-10,12-13,18,20H,11,14-15H2,1H3,(H,32,33). The number of carbonyl (C=O) groups is 1. The lowest BCUT2D eigenvalue weighted by Gasteiger charge is -2.28. The van der Waals surface area contributed by atoms with E-state index in [4.69, 9.17) is 0 Å². The average molecular weight is 517 g/mol. The van der Waals surface area contributed by atoms with E-state index in [0.717, 1.165) is 32.3 Å². The van der Waals surface area contributed by atoms with Gasteiger partial charge in [-0.1, -0.05) is 30.3 Å². The number of anilines is 2. The van der Waals surface area contributed by atoms with Gasteiger partial charge in [-0.15, -0.1) is 11.8 Å². The third kappa shape index (κ3) is 4.77. The summed E-state index contributed by atoms with van der Waals surface area (Å²) < 4.78 is 42.7. The van der Waals surface area contributed by atoms with Crippen molar-refractivity contribution in [3.63, 3.8) is 0 Å². The Hall–Kier alpha value is -2.62. The monoisotopic (exact) mass is 516 g/mol. The van der Waals surface area contributed by atoms with Crippen molar-refractivity contribution < 1.29 is 23.1 Å². The molecule has 2 unspecified atom stereocenters. The number of benzene rings is 3. The van der Waals surface area contributed by atoms with Gasteiger partial charge in [0.05, 0.1) is 17.2 Å². The highest BCUT2D eigenvalue weighted by atomic mass is 32.2. The van der Waals surface area contributed by atoms with Crippen LogP contribution < -0.4 is 4.90 Å². The Morgan fingerprint density at radius 1 is 1.06 bits per heavy atom. The number of hydrogen-bond donors (Lipinski definition) is 1. The minimum absolute atomic E-state index is 0.0466. The molecule has 9 heteroatoms. The first-order valence-electron chi connectivity index (χ1n) is 11.1. The van der Waals surface area contributed by atoms with Gasteiger partial charge in [0.2, 0.25) is 0 Å². The van der Waals surface area contributed by atoms with Crippen LogP contribution in [0.4, 0.5) is 24.5 Å². The third-order valence-corrected chi connectivity index (χ3v) is 8.48. The zero-order valence-electron chi connectivity index (χ0n) is 18.8. The van der Waals surface area contributed by atoms with Gasteiger partial charge in [-0.2, -0.15) is 13.2 Å². The van der Waals surface area contributed by atoms with Gasteiger partial charge in [0, 0.05) is 34.6 Å². The molecule has 35 heavy (non-hydrogen) atoms. The first-order chi connectivity index (χ1) is 16.7. The molecule has 0 spiro atoms. The Balaban J connectivity index is 1.64. The summed E-state index contributed by atoms with van der Waals surface area (Å²) >= 11 is 2.93. The second kappa shape index (κ2) is 9.44. The van der Waals surface area contributed by atoms with Crippen LogP contribution in [0.1, 0.15) is 16.8 Å². The van der Waals surface area contributed by atoms with E-state index in [2.05, 4.69) is 11.0 Å². The maximum atomic E-state index is 13.6. The molecule has 0 aromatic heterocycles. The van der Waals surface area contributed by atoms with Crippen LogP contribution in [0.3, 0.4) is 0 Å². The summed E-state index contributed by atoms with van der Waals surface area (Å²) in [5.41, 5.74) is 3.70. The quantitative estimate of drug-likeness (QED) is 0.293. The second-order valence-corrected chi connectivity index (χ2v) is 10.6. The largest absolute Gasteiger partial charge is 0.478 e. The smallest absolute Gasteiger partial charge is 0.393 e. The molecule has 2 heterocycles. The van der Waals surface area contributed by atoms with Crippen molar-refractivity contribution in [1.29, 1.82) is 0 Å². The van der Waals surface area contributed by atoms with E-state index < -0.39 is 18.1 Å². The molecule has 0 radical (unpaired) electrons. The number of carboxylic acids is 1. The minimum Gasteiger partial charge on any atom is -0.478 e. The highest BCUT2D eigenvalue weighted by Gasteiger charge is 2.49. The van der Waals surface area contributed by atoms with Crippen molar-refractivity contribution in [2.75, 3.05) is 24.2 Å². The molecule has 1 saturated heterocycles. The Kier molecular flexibility index (Phi) is 6.50. The number of thioether (sulfide) groups is 1. The van der Waals surface area contributed by atoms with E-state index in [1.807, 2.05) is 53.0 Å². The molecule has 1 N–H and O–H groups in total. The highest BCUT2D eigenvalue weighted by Crippen LogP contribution is 2.50. The van der Waals surface area contributed by atoms with Gasteiger partial charge < -0.3 is 10.0 Å². The average Bonchev–Trinajstić information content (AvgIpc) is 3.19. The van der Waals surface area contributed by atoms with Crippen molar-refractivity contribution in [3.05, 3.63) is 72.3 Å². The van der Waals surface area contributed by atoms with Gasteiger partial charge >= 0.3 is 12.1 Å². The van der Waals surface area contributed by atoms with Gasteiger partial charge in [0.15, 0.2) is 0 Å². The summed E-state index contributed by atoms with van der Waals surface area (Å²) in [4.78, 5) is 15.5. The van der Waals surface area contributed by atoms with E-state index in [1.54, 1.807) is 30.0 Å². The number of halogens is 3. The van der Waals surface area contributed by atoms with Crippen molar-refractivity contribution >= 4 is 41.1 Å². The molecule has 0 amide bonds. The number of para-hydroxylation sites is 1. The van der Waals surface area contributed by atoms with Crippen LogP contribution in [0.2, 0.25) is 0 Å².